The van der Waals surface area contributed by atoms with Gasteiger partial charge in [0.1, 0.15) is 0 Å². The van der Waals surface area contributed by atoms with Crippen LogP contribution in [0, 0.1) is 0 Å². The SMILES string of the molecule is CC(C)N1CCc2c(cccc2C(F)(F)F)C1. The van der Waals surface area contributed by atoms with Crippen LogP contribution in [0.15, 0.2) is 18.2 Å². The van der Waals surface area contributed by atoms with E-state index in [1.165, 1.54) is 12.1 Å². The van der Waals surface area contributed by atoms with Gasteiger partial charge in [0.2, 0.25) is 0 Å². The lowest BCUT2D eigenvalue weighted by Crippen LogP contribution is -2.36. The molecule has 0 unspecified atom stereocenters. The van der Waals surface area contributed by atoms with Gasteiger partial charge in [-0.1, -0.05) is 12.1 Å². The van der Waals surface area contributed by atoms with Gasteiger partial charge in [0, 0.05) is 19.1 Å². The van der Waals surface area contributed by atoms with Crippen molar-refractivity contribution in [1.82, 2.24) is 4.90 Å². The topological polar surface area (TPSA) is 3.24 Å². The zero-order chi connectivity index (χ0) is 12.6. The number of benzene rings is 1. The van der Waals surface area contributed by atoms with Gasteiger partial charge < -0.3 is 0 Å². The molecule has 2 rings (SSSR count). The fourth-order valence-corrected chi connectivity index (χ4v) is 2.34. The first-order chi connectivity index (χ1) is 7.89. The van der Waals surface area contributed by atoms with Crippen molar-refractivity contribution in [3.05, 3.63) is 34.9 Å². The lowest BCUT2D eigenvalue weighted by atomic mass is 9.93. The Morgan fingerprint density at radius 2 is 1.94 bits per heavy atom. The van der Waals surface area contributed by atoms with Crippen LogP contribution in [-0.2, 0) is 19.1 Å². The number of rotatable bonds is 1. The van der Waals surface area contributed by atoms with Gasteiger partial charge in [0.05, 0.1) is 5.56 Å². The molecule has 1 aliphatic heterocycles. The van der Waals surface area contributed by atoms with Crippen molar-refractivity contribution >= 4 is 0 Å². The Morgan fingerprint density at radius 3 is 2.53 bits per heavy atom. The van der Waals surface area contributed by atoms with Gasteiger partial charge in [-0.15, -0.1) is 0 Å². The van der Waals surface area contributed by atoms with Gasteiger partial charge >= 0.3 is 6.18 Å². The van der Waals surface area contributed by atoms with Crippen LogP contribution in [0.1, 0.15) is 30.5 Å². The first-order valence-electron chi connectivity index (χ1n) is 5.81. The highest BCUT2D eigenvalue weighted by molar-refractivity contribution is 5.38. The Morgan fingerprint density at radius 1 is 1.24 bits per heavy atom. The Kier molecular flexibility index (Phi) is 3.17. The van der Waals surface area contributed by atoms with Crippen LogP contribution in [0.2, 0.25) is 0 Å². The standard InChI is InChI=1S/C13H16F3N/c1-9(2)17-7-6-11-10(8-17)4-3-5-12(11)13(14,15)16/h3-5,9H,6-8H2,1-2H3. The van der Waals surface area contributed by atoms with Crippen LogP contribution in [0.4, 0.5) is 13.2 Å². The molecule has 1 aromatic rings. The predicted molar refractivity (Wildman–Crippen MR) is 60.7 cm³/mol. The molecule has 4 heteroatoms. The Hall–Kier alpha value is -1.03. The fourth-order valence-electron chi connectivity index (χ4n) is 2.34. The molecule has 1 nitrogen and oxygen atoms in total. The molecular weight excluding hydrogens is 227 g/mol. The molecule has 0 radical (unpaired) electrons. The van der Waals surface area contributed by atoms with Crippen molar-refractivity contribution in [2.24, 2.45) is 0 Å². The highest BCUT2D eigenvalue weighted by Gasteiger charge is 2.35. The van der Waals surface area contributed by atoms with Crippen LogP contribution in [0.5, 0.6) is 0 Å². The largest absolute Gasteiger partial charge is 0.416 e. The smallest absolute Gasteiger partial charge is 0.296 e. The fraction of sp³-hybridized carbons (Fsp3) is 0.538. The number of nitrogens with zero attached hydrogens (tertiary/aromatic N) is 1. The summed E-state index contributed by atoms with van der Waals surface area (Å²) in [4.78, 5) is 2.20. The molecule has 17 heavy (non-hydrogen) atoms. The maximum Gasteiger partial charge on any atom is 0.416 e. The van der Waals surface area contributed by atoms with Crippen molar-refractivity contribution in [3.63, 3.8) is 0 Å². The van der Waals surface area contributed by atoms with Crippen LogP contribution in [0.25, 0.3) is 0 Å². The summed E-state index contributed by atoms with van der Waals surface area (Å²) in [6.45, 7) is 5.46. The summed E-state index contributed by atoms with van der Waals surface area (Å²) in [5.74, 6) is 0. The lowest BCUT2D eigenvalue weighted by molar-refractivity contribution is -0.138. The van der Waals surface area contributed by atoms with E-state index in [9.17, 15) is 13.2 Å². The Bertz CT molecular complexity index is 410. The normalized spacial score (nSPS) is 17.3. The molecule has 1 heterocycles. The number of hydrogen-bond donors (Lipinski definition) is 0. The third-order valence-corrected chi connectivity index (χ3v) is 3.33. The zero-order valence-corrected chi connectivity index (χ0v) is 10.0. The van der Waals surface area contributed by atoms with Gasteiger partial charge in [-0.2, -0.15) is 13.2 Å². The van der Waals surface area contributed by atoms with Crippen molar-refractivity contribution in [3.8, 4) is 0 Å². The van der Waals surface area contributed by atoms with E-state index in [0.29, 0.717) is 31.1 Å². The molecule has 1 aromatic carbocycles. The molecule has 0 aliphatic carbocycles. The highest BCUT2D eigenvalue weighted by atomic mass is 19.4. The van der Waals surface area contributed by atoms with Crippen molar-refractivity contribution in [2.75, 3.05) is 6.54 Å². The second-order valence-corrected chi connectivity index (χ2v) is 4.76. The molecule has 0 aromatic heterocycles. The quantitative estimate of drug-likeness (QED) is 0.730. The van der Waals surface area contributed by atoms with Crippen LogP contribution < -0.4 is 0 Å². The second-order valence-electron chi connectivity index (χ2n) is 4.76. The average Bonchev–Trinajstić information content (AvgIpc) is 2.26. The van der Waals surface area contributed by atoms with Crippen LogP contribution in [0.3, 0.4) is 0 Å². The van der Waals surface area contributed by atoms with Gasteiger partial charge in [-0.25, -0.2) is 0 Å². The Labute approximate surface area is 99.2 Å². The Balaban J connectivity index is 2.36. The maximum absolute atomic E-state index is 12.8. The minimum absolute atomic E-state index is 0.373. The average molecular weight is 243 g/mol. The monoisotopic (exact) mass is 243 g/mol. The summed E-state index contributed by atoms with van der Waals surface area (Å²) in [7, 11) is 0. The van der Waals surface area contributed by atoms with E-state index in [0.717, 1.165) is 5.56 Å². The van der Waals surface area contributed by atoms with E-state index in [4.69, 9.17) is 0 Å². The molecule has 0 N–H and O–H groups in total. The van der Waals surface area contributed by atoms with E-state index >= 15 is 0 Å². The lowest BCUT2D eigenvalue weighted by Gasteiger charge is -2.33. The molecule has 0 amide bonds. The molecule has 0 saturated carbocycles. The van der Waals surface area contributed by atoms with Crippen LogP contribution >= 0.6 is 0 Å². The minimum atomic E-state index is -4.23. The molecule has 0 spiro atoms. The predicted octanol–water partition coefficient (Wildman–Crippen LogP) is 3.47. The van der Waals surface area contributed by atoms with Crippen molar-refractivity contribution < 1.29 is 13.2 Å². The number of alkyl halides is 3. The van der Waals surface area contributed by atoms with Gasteiger partial charge in [0.25, 0.3) is 0 Å². The van der Waals surface area contributed by atoms with E-state index in [2.05, 4.69) is 18.7 Å². The van der Waals surface area contributed by atoms with Gasteiger partial charge in [0.15, 0.2) is 0 Å². The molecule has 0 fully saturated rings. The molecule has 94 valence electrons. The minimum Gasteiger partial charge on any atom is -0.296 e. The number of hydrogen-bond acceptors (Lipinski definition) is 1. The molecule has 1 aliphatic rings. The summed E-state index contributed by atoms with van der Waals surface area (Å²) >= 11 is 0. The van der Waals surface area contributed by atoms with Gasteiger partial charge in [-0.3, -0.25) is 4.90 Å². The van der Waals surface area contributed by atoms with Crippen LogP contribution in [-0.4, -0.2) is 17.5 Å². The summed E-state index contributed by atoms with van der Waals surface area (Å²) in [5, 5.41) is 0. The van der Waals surface area contributed by atoms with E-state index in [1.807, 2.05) is 0 Å². The van der Waals surface area contributed by atoms with Crippen molar-refractivity contribution in [2.45, 2.75) is 39.0 Å². The maximum atomic E-state index is 12.8. The zero-order valence-electron chi connectivity index (χ0n) is 10.0. The van der Waals surface area contributed by atoms with E-state index < -0.39 is 11.7 Å². The number of halogens is 3. The first kappa shape index (κ1) is 12.4. The summed E-state index contributed by atoms with van der Waals surface area (Å²) in [6.07, 6.45) is -3.74. The number of fused-ring (bicyclic) bond motifs is 1. The van der Waals surface area contributed by atoms with E-state index in [-0.39, 0.29) is 0 Å². The third-order valence-electron chi connectivity index (χ3n) is 3.33. The first-order valence-corrected chi connectivity index (χ1v) is 5.81. The third kappa shape index (κ3) is 2.46. The second kappa shape index (κ2) is 4.33. The van der Waals surface area contributed by atoms with Crippen molar-refractivity contribution in [1.29, 1.82) is 0 Å². The molecular formula is C13H16F3N. The summed E-state index contributed by atoms with van der Waals surface area (Å²) < 4.78 is 38.5. The summed E-state index contributed by atoms with van der Waals surface area (Å²) in [5.41, 5.74) is 0.843. The van der Waals surface area contributed by atoms with Gasteiger partial charge in [-0.05, 0) is 37.5 Å². The highest BCUT2D eigenvalue weighted by Crippen LogP contribution is 2.35. The molecule has 0 saturated heterocycles. The molecule has 0 bridgehead atoms. The summed E-state index contributed by atoms with van der Waals surface area (Å²) in [6, 6.07) is 4.87. The van der Waals surface area contributed by atoms with E-state index in [1.54, 1.807) is 6.07 Å². The molecule has 0 atom stereocenters.